The first-order valence-electron chi connectivity index (χ1n) is 9.90. The van der Waals surface area contributed by atoms with E-state index in [1.165, 1.54) is 9.80 Å². The molecule has 3 aromatic rings. The average Bonchev–Trinajstić information content (AvgIpc) is 3.05. The van der Waals surface area contributed by atoms with Crippen LogP contribution in [-0.2, 0) is 16.1 Å². The molecule has 30 heavy (non-hydrogen) atoms. The van der Waals surface area contributed by atoms with E-state index in [2.05, 4.69) is 5.32 Å². The minimum atomic E-state index is -0.668. The lowest BCUT2D eigenvalue weighted by Gasteiger charge is -2.30. The molecule has 0 aliphatic carbocycles. The van der Waals surface area contributed by atoms with Gasteiger partial charge in [-0.2, -0.15) is 0 Å². The summed E-state index contributed by atoms with van der Waals surface area (Å²) < 4.78 is 0. The maximum absolute atomic E-state index is 13.3. The van der Waals surface area contributed by atoms with E-state index in [9.17, 15) is 14.4 Å². The van der Waals surface area contributed by atoms with Crippen LogP contribution in [0.3, 0.4) is 0 Å². The lowest BCUT2D eigenvalue weighted by Crippen LogP contribution is -2.50. The number of anilines is 1. The van der Waals surface area contributed by atoms with Gasteiger partial charge < -0.3 is 10.2 Å². The highest BCUT2D eigenvalue weighted by Crippen LogP contribution is 2.37. The molecule has 1 aliphatic heterocycles. The molecule has 0 bridgehead atoms. The zero-order chi connectivity index (χ0) is 21.3. The van der Waals surface area contributed by atoms with Crippen LogP contribution < -0.4 is 10.2 Å². The molecule has 1 aliphatic rings. The summed E-state index contributed by atoms with van der Waals surface area (Å²) in [6, 6.07) is 20.1. The summed E-state index contributed by atoms with van der Waals surface area (Å²) >= 11 is 0. The zero-order valence-electron chi connectivity index (χ0n) is 17.0. The number of rotatable bonds is 6. The fourth-order valence-electron chi connectivity index (χ4n) is 3.93. The van der Waals surface area contributed by atoms with Gasteiger partial charge in [0.05, 0.1) is 5.69 Å². The van der Waals surface area contributed by atoms with Crippen molar-refractivity contribution in [2.75, 3.05) is 18.5 Å². The Bertz CT molecular complexity index is 1120. The second-order valence-electron chi connectivity index (χ2n) is 7.37. The molecule has 6 heteroatoms. The Balaban J connectivity index is 1.64. The van der Waals surface area contributed by atoms with E-state index in [1.54, 1.807) is 20.0 Å². The van der Waals surface area contributed by atoms with E-state index in [0.29, 0.717) is 5.56 Å². The van der Waals surface area contributed by atoms with E-state index in [4.69, 9.17) is 0 Å². The number of benzene rings is 3. The predicted octanol–water partition coefficient (Wildman–Crippen LogP) is 2.96. The summed E-state index contributed by atoms with van der Waals surface area (Å²) in [5, 5.41) is 4.44. The van der Waals surface area contributed by atoms with Gasteiger partial charge in [0.25, 0.3) is 5.91 Å². The second-order valence-corrected chi connectivity index (χ2v) is 7.37. The molecule has 1 N–H and O–H groups in total. The van der Waals surface area contributed by atoms with Gasteiger partial charge in [0.15, 0.2) is 0 Å². The van der Waals surface area contributed by atoms with Gasteiger partial charge >= 0.3 is 0 Å². The van der Waals surface area contributed by atoms with Crippen molar-refractivity contribution in [2.24, 2.45) is 0 Å². The largest absolute Gasteiger partial charge is 0.357 e. The smallest absolute Gasteiger partial charge is 0.259 e. The van der Waals surface area contributed by atoms with Crippen LogP contribution in [0.1, 0.15) is 22.8 Å². The van der Waals surface area contributed by atoms with Gasteiger partial charge in [0, 0.05) is 24.5 Å². The third kappa shape index (κ3) is 3.41. The molecule has 0 saturated carbocycles. The summed E-state index contributed by atoms with van der Waals surface area (Å²) in [5.41, 5.74) is 2.25. The number of likely N-dealkylation sites (N-methyl/N-ethyl adjacent to an activating group) is 1. The maximum atomic E-state index is 13.3. The van der Waals surface area contributed by atoms with Gasteiger partial charge in [-0.15, -0.1) is 0 Å². The number of amides is 3. The number of carbonyl (C=O) groups excluding carboxylic acids is 3. The topological polar surface area (TPSA) is 69.7 Å². The molecule has 1 heterocycles. The van der Waals surface area contributed by atoms with E-state index >= 15 is 0 Å². The Kier molecular flexibility index (Phi) is 5.23. The van der Waals surface area contributed by atoms with Crippen molar-refractivity contribution >= 4 is 34.2 Å². The Morgan fingerprint density at radius 2 is 1.70 bits per heavy atom. The number of nitrogens with zero attached hydrogens (tertiary/aromatic N) is 2. The van der Waals surface area contributed by atoms with Gasteiger partial charge in [0.1, 0.15) is 12.6 Å². The Morgan fingerprint density at radius 1 is 1.00 bits per heavy atom. The van der Waals surface area contributed by atoms with E-state index in [1.807, 2.05) is 60.7 Å². The van der Waals surface area contributed by atoms with E-state index in [-0.39, 0.29) is 30.8 Å². The number of nitrogens with one attached hydrogen (secondary N) is 1. The normalized spacial score (nSPS) is 13.4. The highest BCUT2D eigenvalue weighted by molar-refractivity contribution is 6.26. The molecule has 3 amide bonds. The van der Waals surface area contributed by atoms with Crippen LogP contribution in [0.2, 0.25) is 0 Å². The number of hydrogen-bond donors (Lipinski definition) is 1. The highest BCUT2D eigenvalue weighted by atomic mass is 16.2. The summed E-state index contributed by atoms with van der Waals surface area (Å²) in [4.78, 5) is 41.7. The molecule has 152 valence electrons. The molecule has 0 spiro atoms. The Labute approximate surface area is 175 Å². The van der Waals surface area contributed by atoms with E-state index in [0.717, 1.165) is 22.0 Å². The maximum Gasteiger partial charge on any atom is 0.259 e. The lowest BCUT2D eigenvalue weighted by atomic mass is 10.1. The number of carbonyl (C=O) groups is 3. The molecule has 3 aromatic carbocycles. The first kappa shape index (κ1) is 19.6. The fraction of sp³-hybridized carbons (Fsp3) is 0.208. The van der Waals surface area contributed by atoms with Crippen LogP contribution in [0.5, 0.6) is 0 Å². The Hall–Kier alpha value is -3.67. The Morgan fingerprint density at radius 3 is 2.40 bits per heavy atom. The van der Waals surface area contributed by atoms with Crippen LogP contribution in [0.25, 0.3) is 10.8 Å². The molecule has 0 radical (unpaired) electrons. The summed E-state index contributed by atoms with van der Waals surface area (Å²) in [5.74, 6) is -0.729. The van der Waals surface area contributed by atoms with Crippen molar-refractivity contribution in [1.82, 2.24) is 10.2 Å². The molecule has 4 rings (SSSR count). The summed E-state index contributed by atoms with van der Waals surface area (Å²) in [7, 11) is 1.55. The van der Waals surface area contributed by atoms with Crippen LogP contribution in [0.15, 0.2) is 66.7 Å². The molecule has 0 saturated heterocycles. The third-order valence-corrected chi connectivity index (χ3v) is 5.55. The zero-order valence-corrected chi connectivity index (χ0v) is 17.0. The van der Waals surface area contributed by atoms with Gasteiger partial charge in [-0.1, -0.05) is 54.6 Å². The minimum Gasteiger partial charge on any atom is -0.357 e. The molecule has 1 atom stereocenters. The second kappa shape index (κ2) is 7.99. The van der Waals surface area contributed by atoms with Crippen LogP contribution >= 0.6 is 0 Å². The van der Waals surface area contributed by atoms with Crippen LogP contribution in [-0.4, -0.2) is 42.3 Å². The lowest BCUT2D eigenvalue weighted by molar-refractivity contribution is -0.139. The quantitative estimate of drug-likeness (QED) is 0.690. The predicted molar refractivity (Wildman–Crippen MR) is 116 cm³/mol. The minimum absolute atomic E-state index is 0.124. The molecular weight excluding hydrogens is 378 g/mol. The van der Waals surface area contributed by atoms with Crippen molar-refractivity contribution < 1.29 is 14.4 Å². The first-order valence-corrected chi connectivity index (χ1v) is 9.90. The van der Waals surface area contributed by atoms with Crippen molar-refractivity contribution in [3.63, 3.8) is 0 Å². The average molecular weight is 401 g/mol. The van der Waals surface area contributed by atoms with Gasteiger partial charge in [-0.3, -0.25) is 19.3 Å². The monoisotopic (exact) mass is 401 g/mol. The summed E-state index contributed by atoms with van der Waals surface area (Å²) in [6.45, 7) is 1.86. The van der Waals surface area contributed by atoms with Crippen molar-refractivity contribution in [3.8, 4) is 0 Å². The molecule has 1 unspecified atom stereocenters. The third-order valence-electron chi connectivity index (χ3n) is 5.55. The highest BCUT2D eigenvalue weighted by Gasteiger charge is 2.34. The molecule has 0 aromatic heterocycles. The standard InChI is InChI=1S/C24H23N3O3/c1-16(23(29)25-2)26(14-17-8-4-3-5-9-17)21(28)15-27-20-13-7-11-18-10-6-12-19(22(18)20)24(27)30/h3-13,16H,14-15H2,1-2H3,(H,25,29). The summed E-state index contributed by atoms with van der Waals surface area (Å²) in [6.07, 6.45) is 0. The van der Waals surface area contributed by atoms with Crippen molar-refractivity contribution in [1.29, 1.82) is 0 Å². The number of hydrogen-bond acceptors (Lipinski definition) is 3. The fourth-order valence-corrected chi connectivity index (χ4v) is 3.93. The molecular formula is C24H23N3O3. The van der Waals surface area contributed by atoms with Gasteiger partial charge in [0.2, 0.25) is 11.8 Å². The van der Waals surface area contributed by atoms with Crippen LogP contribution in [0, 0.1) is 0 Å². The van der Waals surface area contributed by atoms with Crippen molar-refractivity contribution in [2.45, 2.75) is 19.5 Å². The SMILES string of the molecule is CNC(=O)C(C)N(Cc1ccccc1)C(=O)CN1C(=O)c2cccc3cccc1c23. The van der Waals surface area contributed by atoms with Crippen LogP contribution in [0.4, 0.5) is 5.69 Å². The molecule has 6 nitrogen and oxygen atoms in total. The van der Waals surface area contributed by atoms with Crippen molar-refractivity contribution in [3.05, 3.63) is 77.9 Å². The molecule has 0 fully saturated rings. The van der Waals surface area contributed by atoms with E-state index < -0.39 is 6.04 Å². The first-order chi connectivity index (χ1) is 14.5. The van der Waals surface area contributed by atoms with Gasteiger partial charge in [-0.05, 0) is 30.0 Å². The van der Waals surface area contributed by atoms with Gasteiger partial charge in [-0.25, -0.2) is 0 Å².